The zero-order valence-electron chi connectivity index (χ0n) is 14.6. The third kappa shape index (κ3) is 3.13. The Morgan fingerprint density at radius 2 is 1.85 bits per heavy atom. The van der Waals surface area contributed by atoms with Crippen LogP contribution in [-0.2, 0) is 16.6 Å². The van der Waals surface area contributed by atoms with Crippen LogP contribution < -0.4 is 5.32 Å². The van der Waals surface area contributed by atoms with Gasteiger partial charge in [-0.1, -0.05) is 24.3 Å². The van der Waals surface area contributed by atoms with E-state index in [9.17, 15) is 14.3 Å². The van der Waals surface area contributed by atoms with Crippen LogP contribution in [0.1, 0.15) is 24.0 Å². The predicted molar refractivity (Wildman–Crippen MR) is 98.5 cm³/mol. The molecule has 2 N–H and O–H groups in total. The number of hydrogen-bond acceptors (Lipinski definition) is 3. The highest BCUT2D eigenvalue weighted by molar-refractivity contribution is 5.92. The summed E-state index contributed by atoms with van der Waals surface area (Å²) in [6.45, 7) is 1.87. The Labute approximate surface area is 152 Å². The van der Waals surface area contributed by atoms with Crippen molar-refractivity contribution in [1.29, 1.82) is 0 Å². The van der Waals surface area contributed by atoms with Crippen LogP contribution in [-0.4, -0.2) is 41.7 Å². The van der Waals surface area contributed by atoms with Crippen molar-refractivity contribution in [2.75, 3.05) is 25.0 Å². The van der Waals surface area contributed by atoms with E-state index in [4.69, 9.17) is 0 Å². The zero-order valence-corrected chi connectivity index (χ0v) is 14.6. The fourth-order valence-electron chi connectivity index (χ4n) is 4.42. The summed E-state index contributed by atoms with van der Waals surface area (Å²) in [5.74, 6) is -0.417. The highest BCUT2D eigenvalue weighted by Crippen LogP contribution is 2.46. The number of aliphatic hydroxyl groups excluding tert-OH is 1. The summed E-state index contributed by atoms with van der Waals surface area (Å²) in [6.07, 6.45) is 2.10. The first kappa shape index (κ1) is 17.2. The van der Waals surface area contributed by atoms with Gasteiger partial charge in [0.1, 0.15) is 5.82 Å². The molecule has 2 aliphatic rings. The fourth-order valence-corrected chi connectivity index (χ4v) is 4.42. The van der Waals surface area contributed by atoms with E-state index >= 15 is 0 Å². The van der Waals surface area contributed by atoms with Gasteiger partial charge >= 0.3 is 0 Å². The van der Waals surface area contributed by atoms with Crippen molar-refractivity contribution in [2.24, 2.45) is 0 Å². The number of anilines is 1. The number of fused-ring (bicyclic) bond motifs is 2. The molecular weight excluding hydrogens is 331 g/mol. The number of benzene rings is 2. The lowest BCUT2D eigenvalue weighted by atomic mass is 9.72. The number of nitrogens with zero attached hydrogens (tertiary/aromatic N) is 1. The highest BCUT2D eigenvalue weighted by atomic mass is 19.1. The number of likely N-dealkylation sites (tertiary alicyclic amines) is 1. The van der Waals surface area contributed by atoms with Crippen LogP contribution in [0.5, 0.6) is 0 Å². The average molecular weight is 354 g/mol. The van der Waals surface area contributed by atoms with Gasteiger partial charge in [0, 0.05) is 11.1 Å². The number of nitrogens with one attached hydrogen (secondary N) is 1. The summed E-state index contributed by atoms with van der Waals surface area (Å²) in [5.41, 5.74) is 2.97. The second kappa shape index (κ2) is 6.82. The second-order valence-electron chi connectivity index (χ2n) is 7.36. The maximum absolute atomic E-state index is 12.9. The molecule has 0 bridgehead atoms. The number of halogens is 1. The van der Waals surface area contributed by atoms with E-state index in [2.05, 4.69) is 22.3 Å². The molecule has 26 heavy (non-hydrogen) atoms. The Hall–Kier alpha value is -2.24. The lowest BCUT2D eigenvalue weighted by Gasteiger charge is -2.42. The first-order valence-corrected chi connectivity index (χ1v) is 9.11. The molecule has 0 aromatic heterocycles. The van der Waals surface area contributed by atoms with E-state index in [1.165, 1.54) is 23.3 Å². The first-order valence-electron chi connectivity index (χ1n) is 9.11. The van der Waals surface area contributed by atoms with Gasteiger partial charge in [-0.05, 0) is 67.7 Å². The first-order chi connectivity index (χ1) is 12.6. The normalized spacial score (nSPS) is 21.5. The molecule has 1 aliphatic heterocycles. The third-order valence-electron chi connectivity index (χ3n) is 5.85. The molecule has 1 spiro atoms. The molecule has 0 saturated carbocycles. The Balaban J connectivity index is 1.37. The third-order valence-corrected chi connectivity index (χ3v) is 5.85. The number of aliphatic hydroxyl groups is 1. The molecule has 0 radical (unpaired) electrons. The minimum absolute atomic E-state index is 0.0973. The zero-order chi connectivity index (χ0) is 18.1. The molecule has 5 heteroatoms. The average Bonchev–Trinajstić information content (AvgIpc) is 2.91. The van der Waals surface area contributed by atoms with Crippen molar-refractivity contribution >= 4 is 11.6 Å². The quantitative estimate of drug-likeness (QED) is 0.891. The van der Waals surface area contributed by atoms with Crippen molar-refractivity contribution < 1.29 is 14.3 Å². The van der Waals surface area contributed by atoms with Gasteiger partial charge in [-0.2, -0.15) is 0 Å². The predicted octanol–water partition coefficient (Wildman–Crippen LogP) is 2.72. The van der Waals surface area contributed by atoms with Gasteiger partial charge in [0.25, 0.3) is 0 Å². The van der Waals surface area contributed by atoms with Crippen molar-refractivity contribution in [2.45, 2.75) is 30.8 Å². The number of amides is 1. The van der Waals surface area contributed by atoms with Gasteiger partial charge in [-0.25, -0.2) is 4.39 Å². The van der Waals surface area contributed by atoms with E-state index in [0.717, 1.165) is 32.4 Å². The number of hydrogen-bond donors (Lipinski definition) is 2. The molecule has 1 saturated heterocycles. The molecular formula is C21H23FN2O2. The summed E-state index contributed by atoms with van der Waals surface area (Å²) < 4.78 is 12.9. The van der Waals surface area contributed by atoms with Crippen LogP contribution in [0.15, 0.2) is 48.5 Å². The molecule has 1 unspecified atom stereocenters. The summed E-state index contributed by atoms with van der Waals surface area (Å²) in [4.78, 5) is 14.4. The van der Waals surface area contributed by atoms with Crippen molar-refractivity contribution in [1.82, 2.24) is 4.90 Å². The molecule has 2 aromatic carbocycles. The number of rotatable bonds is 3. The highest BCUT2D eigenvalue weighted by Gasteiger charge is 2.47. The maximum Gasteiger partial charge on any atom is 0.238 e. The topological polar surface area (TPSA) is 52.6 Å². The number of piperidine rings is 1. The summed E-state index contributed by atoms with van der Waals surface area (Å²) in [5, 5.41) is 13.5. The van der Waals surface area contributed by atoms with Crippen LogP contribution >= 0.6 is 0 Å². The van der Waals surface area contributed by atoms with Gasteiger partial charge in [-0.15, -0.1) is 0 Å². The molecule has 1 amide bonds. The Morgan fingerprint density at radius 1 is 1.15 bits per heavy atom. The van der Waals surface area contributed by atoms with Gasteiger partial charge < -0.3 is 10.4 Å². The molecule has 1 fully saturated rings. The smallest absolute Gasteiger partial charge is 0.238 e. The number of carbonyl (C=O) groups excluding carboxylic acids is 1. The largest absolute Gasteiger partial charge is 0.392 e. The van der Waals surface area contributed by atoms with Gasteiger partial charge in [0.2, 0.25) is 5.91 Å². The van der Waals surface area contributed by atoms with E-state index in [1.807, 2.05) is 12.1 Å². The van der Waals surface area contributed by atoms with E-state index < -0.39 is 0 Å². The lowest BCUT2D eigenvalue weighted by Crippen LogP contribution is -2.49. The summed E-state index contributed by atoms with van der Waals surface area (Å²) in [7, 11) is 0. The van der Waals surface area contributed by atoms with Crippen LogP contribution in [0.25, 0.3) is 0 Å². The molecule has 2 aromatic rings. The number of carbonyl (C=O) groups is 1. The monoisotopic (exact) mass is 354 g/mol. The molecule has 1 heterocycles. The lowest BCUT2D eigenvalue weighted by molar-refractivity contribution is -0.117. The van der Waals surface area contributed by atoms with E-state index in [0.29, 0.717) is 12.2 Å². The van der Waals surface area contributed by atoms with E-state index in [1.54, 1.807) is 12.1 Å². The minimum atomic E-state index is -0.338. The Kier molecular flexibility index (Phi) is 4.51. The van der Waals surface area contributed by atoms with Gasteiger partial charge in [0.05, 0.1) is 12.6 Å². The van der Waals surface area contributed by atoms with Crippen LogP contribution in [0, 0.1) is 5.82 Å². The fraction of sp³-hybridized carbons (Fsp3) is 0.381. The summed E-state index contributed by atoms with van der Waals surface area (Å²) >= 11 is 0. The summed E-state index contributed by atoms with van der Waals surface area (Å²) in [6, 6.07) is 14.1. The van der Waals surface area contributed by atoms with Crippen molar-refractivity contribution in [3.05, 3.63) is 65.5 Å². The van der Waals surface area contributed by atoms with Crippen LogP contribution in [0.2, 0.25) is 0 Å². The van der Waals surface area contributed by atoms with Gasteiger partial charge in [0.15, 0.2) is 0 Å². The second-order valence-corrected chi connectivity index (χ2v) is 7.36. The van der Waals surface area contributed by atoms with Crippen molar-refractivity contribution in [3.63, 3.8) is 0 Å². The molecule has 4 rings (SSSR count). The molecule has 1 aliphatic carbocycles. The Morgan fingerprint density at radius 3 is 2.58 bits per heavy atom. The maximum atomic E-state index is 12.9. The van der Waals surface area contributed by atoms with Crippen LogP contribution in [0.4, 0.5) is 10.1 Å². The molecule has 1 atom stereocenters. The van der Waals surface area contributed by atoms with E-state index in [-0.39, 0.29) is 23.2 Å². The SMILES string of the molecule is O=C(CN1CCC2(CC1)c1ccccc1CC2O)Nc1ccc(F)cc1. The Bertz CT molecular complexity index is 798. The molecule has 4 nitrogen and oxygen atoms in total. The van der Waals surface area contributed by atoms with Crippen molar-refractivity contribution in [3.8, 4) is 0 Å². The van der Waals surface area contributed by atoms with Crippen LogP contribution in [0.3, 0.4) is 0 Å². The van der Waals surface area contributed by atoms with Gasteiger partial charge in [-0.3, -0.25) is 9.69 Å². The minimum Gasteiger partial charge on any atom is -0.392 e. The standard InChI is InChI=1S/C21H23FN2O2/c22-16-5-7-17(8-6-16)23-20(26)14-24-11-9-21(10-12-24)18-4-2-1-3-15(18)13-19(21)25/h1-8,19,25H,9-14H2,(H,23,26). The molecule has 136 valence electrons.